The Balaban J connectivity index is 1.38. The highest BCUT2D eigenvalue weighted by molar-refractivity contribution is 5.16. The second-order valence-corrected chi connectivity index (χ2v) is 8.94. The van der Waals surface area contributed by atoms with Crippen molar-refractivity contribution >= 4 is 0 Å². The summed E-state index contributed by atoms with van der Waals surface area (Å²) >= 11 is 0. The average Bonchev–Trinajstić information content (AvgIpc) is 3.32. The molecule has 0 aliphatic carbocycles. The van der Waals surface area contributed by atoms with Crippen LogP contribution in [0.25, 0.3) is 0 Å². The predicted molar refractivity (Wildman–Crippen MR) is 103 cm³/mol. The molecule has 0 aromatic carbocycles. The Bertz CT molecular complexity index is 786. The monoisotopic (exact) mass is 372 g/mol. The first-order valence-electron chi connectivity index (χ1n) is 10.1. The van der Waals surface area contributed by atoms with Crippen molar-refractivity contribution in [2.45, 2.75) is 58.5 Å². The zero-order chi connectivity index (χ0) is 19.2. The smallest absolute Gasteiger partial charge is 0.229 e. The van der Waals surface area contributed by atoms with Crippen molar-refractivity contribution < 1.29 is 4.52 Å². The molecular formula is C20H32N6O. The molecule has 1 spiro atoms. The normalized spacial score (nSPS) is 23.7. The summed E-state index contributed by atoms with van der Waals surface area (Å²) in [5.74, 6) is 1.90. The van der Waals surface area contributed by atoms with Crippen LogP contribution in [0.15, 0.2) is 10.7 Å². The molecular weight excluding hydrogens is 340 g/mol. The SMILES string of the molecule is Cc1c(CN2CCC3(CC2)CC(c2noc(C(C)C)n2)N(C)C3)cnn1C. The van der Waals surface area contributed by atoms with Gasteiger partial charge in [-0.25, -0.2) is 0 Å². The third-order valence-corrected chi connectivity index (χ3v) is 6.64. The number of hydrogen-bond donors (Lipinski definition) is 0. The third-order valence-electron chi connectivity index (χ3n) is 6.64. The van der Waals surface area contributed by atoms with Crippen LogP contribution in [0.4, 0.5) is 0 Å². The molecule has 0 radical (unpaired) electrons. The lowest BCUT2D eigenvalue weighted by Gasteiger charge is -2.39. The minimum atomic E-state index is 0.283. The largest absolute Gasteiger partial charge is 0.339 e. The molecule has 7 nitrogen and oxygen atoms in total. The molecule has 2 fully saturated rings. The molecule has 2 saturated heterocycles. The molecule has 0 amide bonds. The molecule has 2 aromatic heterocycles. The summed E-state index contributed by atoms with van der Waals surface area (Å²) in [6, 6.07) is 0.286. The number of likely N-dealkylation sites (tertiary alicyclic amines) is 2. The van der Waals surface area contributed by atoms with Gasteiger partial charge in [-0.1, -0.05) is 19.0 Å². The summed E-state index contributed by atoms with van der Waals surface area (Å²) < 4.78 is 7.42. The molecule has 2 aliphatic heterocycles. The highest BCUT2D eigenvalue weighted by Gasteiger charge is 2.46. The molecule has 27 heavy (non-hydrogen) atoms. The fourth-order valence-electron chi connectivity index (χ4n) is 4.66. The van der Waals surface area contributed by atoms with Crippen LogP contribution in [0.3, 0.4) is 0 Å². The van der Waals surface area contributed by atoms with Gasteiger partial charge in [-0.15, -0.1) is 0 Å². The molecule has 2 aliphatic rings. The van der Waals surface area contributed by atoms with Crippen LogP contribution in [0.2, 0.25) is 0 Å². The number of hydrogen-bond acceptors (Lipinski definition) is 6. The van der Waals surface area contributed by atoms with Crippen LogP contribution in [0, 0.1) is 12.3 Å². The standard InChI is InChI=1S/C20H32N6O/c1-14(2)19-22-18(23-27-19)17-10-20(13-24(17)4)6-8-26(9-7-20)12-16-11-21-25(5)15(16)3/h11,14,17H,6-10,12-13H2,1-5H3. The van der Waals surface area contributed by atoms with E-state index in [1.165, 1.54) is 24.1 Å². The quantitative estimate of drug-likeness (QED) is 0.822. The lowest BCUT2D eigenvalue weighted by atomic mass is 9.76. The number of nitrogens with zero attached hydrogens (tertiary/aromatic N) is 6. The average molecular weight is 373 g/mol. The van der Waals surface area contributed by atoms with E-state index in [4.69, 9.17) is 4.52 Å². The van der Waals surface area contributed by atoms with Crippen molar-refractivity contribution in [1.82, 2.24) is 29.7 Å². The number of rotatable bonds is 4. The Morgan fingerprint density at radius 1 is 1.26 bits per heavy atom. The van der Waals surface area contributed by atoms with Crippen LogP contribution in [0.1, 0.15) is 68.0 Å². The summed E-state index contributed by atoms with van der Waals surface area (Å²) in [4.78, 5) is 9.67. The van der Waals surface area contributed by atoms with Crippen molar-refractivity contribution in [3.05, 3.63) is 29.2 Å². The Kier molecular flexibility index (Phi) is 4.84. The highest BCUT2D eigenvalue weighted by Crippen LogP contribution is 2.47. The fourth-order valence-corrected chi connectivity index (χ4v) is 4.66. The molecule has 2 aromatic rings. The molecule has 0 bridgehead atoms. The van der Waals surface area contributed by atoms with E-state index in [1.807, 2.05) is 17.9 Å². The zero-order valence-electron chi connectivity index (χ0n) is 17.3. The highest BCUT2D eigenvalue weighted by atomic mass is 16.5. The Labute approximate surface area is 161 Å². The number of piperidine rings is 1. The van der Waals surface area contributed by atoms with E-state index in [0.29, 0.717) is 5.41 Å². The summed E-state index contributed by atoms with van der Waals surface area (Å²) in [6.45, 7) is 10.8. The maximum absolute atomic E-state index is 5.46. The fraction of sp³-hybridized carbons (Fsp3) is 0.750. The van der Waals surface area contributed by atoms with Crippen molar-refractivity contribution in [2.75, 3.05) is 26.7 Å². The molecule has 1 unspecified atom stereocenters. The summed E-state index contributed by atoms with van der Waals surface area (Å²) in [6.07, 6.45) is 5.63. The van der Waals surface area contributed by atoms with Gasteiger partial charge in [0.15, 0.2) is 5.82 Å². The molecule has 0 N–H and O–H groups in total. The van der Waals surface area contributed by atoms with Crippen LogP contribution in [-0.2, 0) is 13.6 Å². The maximum atomic E-state index is 5.46. The lowest BCUT2D eigenvalue weighted by Crippen LogP contribution is -2.40. The van der Waals surface area contributed by atoms with E-state index < -0.39 is 0 Å². The Morgan fingerprint density at radius 2 is 2.00 bits per heavy atom. The maximum Gasteiger partial charge on any atom is 0.229 e. The van der Waals surface area contributed by atoms with Crippen LogP contribution in [0.5, 0.6) is 0 Å². The first-order valence-corrected chi connectivity index (χ1v) is 10.1. The van der Waals surface area contributed by atoms with Gasteiger partial charge in [0.1, 0.15) is 0 Å². The van der Waals surface area contributed by atoms with Crippen molar-refractivity contribution in [3.8, 4) is 0 Å². The van der Waals surface area contributed by atoms with Crippen LogP contribution in [-0.4, -0.2) is 56.4 Å². The first-order chi connectivity index (χ1) is 12.9. The lowest BCUT2D eigenvalue weighted by molar-refractivity contribution is 0.105. The Hall–Kier alpha value is -1.73. The van der Waals surface area contributed by atoms with E-state index in [1.54, 1.807) is 0 Å². The minimum Gasteiger partial charge on any atom is -0.339 e. The summed E-state index contributed by atoms with van der Waals surface area (Å²) in [5.41, 5.74) is 3.01. The molecule has 148 valence electrons. The van der Waals surface area contributed by atoms with Gasteiger partial charge in [-0.05, 0) is 51.7 Å². The van der Waals surface area contributed by atoms with E-state index in [0.717, 1.165) is 44.3 Å². The Morgan fingerprint density at radius 3 is 2.59 bits per heavy atom. The van der Waals surface area contributed by atoms with Gasteiger partial charge in [-0.3, -0.25) is 14.5 Å². The van der Waals surface area contributed by atoms with Gasteiger partial charge in [0, 0.05) is 37.3 Å². The number of aromatic nitrogens is 4. The molecule has 0 saturated carbocycles. The van der Waals surface area contributed by atoms with Gasteiger partial charge in [0.2, 0.25) is 5.89 Å². The van der Waals surface area contributed by atoms with Crippen molar-refractivity contribution in [1.29, 1.82) is 0 Å². The topological polar surface area (TPSA) is 63.2 Å². The zero-order valence-corrected chi connectivity index (χ0v) is 17.3. The van der Waals surface area contributed by atoms with Crippen molar-refractivity contribution in [3.63, 3.8) is 0 Å². The first kappa shape index (κ1) is 18.6. The van der Waals surface area contributed by atoms with Gasteiger partial charge < -0.3 is 4.52 Å². The number of aryl methyl sites for hydroxylation is 1. The van der Waals surface area contributed by atoms with E-state index in [-0.39, 0.29) is 12.0 Å². The molecule has 4 heterocycles. The van der Waals surface area contributed by atoms with Crippen LogP contribution < -0.4 is 0 Å². The van der Waals surface area contributed by atoms with Crippen molar-refractivity contribution in [2.24, 2.45) is 12.5 Å². The van der Waals surface area contributed by atoms with E-state index in [9.17, 15) is 0 Å². The van der Waals surface area contributed by atoms with Gasteiger partial charge in [0.25, 0.3) is 0 Å². The van der Waals surface area contributed by atoms with Gasteiger partial charge in [-0.2, -0.15) is 10.1 Å². The molecule has 1 atom stereocenters. The van der Waals surface area contributed by atoms with E-state index >= 15 is 0 Å². The summed E-state index contributed by atoms with van der Waals surface area (Å²) in [7, 11) is 4.22. The summed E-state index contributed by atoms with van der Waals surface area (Å²) in [5, 5.41) is 8.66. The predicted octanol–water partition coefficient (Wildman–Crippen LogP) is 2.89. The second-order valence-electron chi connectivity index (χ2n) is 8.94. The van der Waals surface area contributed by atoms with Gasteiger partial charge in [0.05, 0.1) is 12.2 Å². The molecule has 7 heteroatoms. The van der Waals surface area contributed by atoms with E-state index in [2.05, 4.69) is 52.9 Å². The third kappa shape index (κ3) is 3.55. The van der Waals surface area contributed by atoms with Gasteiger partial charge >= 0.3 is 0 Å². The van der Waals surface area contributed by atoms with Crippen LogP contribution >= 0.6 is 0 Å². The second kappa shape index (κ2) is 7.02. The molecule has 4 rings (SSSR count). The minimum absolute atomic E-state index is 0.283.